The Hall–Kier alpha value is -1.59. The third-order valence-electron chi connectivity index (χ3n) is 2.63. The van der Waals surface area contributed by atoms with Crippen LogP contribution in [0.15, 0.2) is 0 Å². The fourth-order valence-electron chi connectivity index (χ4n) is 1.71. The topological polar surface area (TPSA) is 95.5 Å². The molecule has 0 aliphatic carbocycles. The van der Waals surface area contributed by atoms with Crippen LogP contribution in [0.4, 0.5) is 0 Å². The molecular formula is C13H24N2O4. The maximum absolute atomic E-state index is 12.0. The van der Waals surface area contributed by atoms with E-state index in [0.717, 1.165) is 0 Å². The normalized spacial score (nSPS) is 14.1. The van der Waals surface area contributed by atoms with E-state index >= 15 is 0 Å². The van der Waals surface area contributed by atoms with E-state index in [2.05, 4.69) is 10.6 Å². The molecule has 3 N–H and O–H groups in total. The fourth-order valence-corrected chi connectivity index (χ4v) is 1.71. The Balaban J connectivity index is 4.75. The second-order valence-corrected chi connectivity index (χ2v) is 5.45. The maximum Gasteiger partial charge on any atom is 0.326 e. The second-order valence-electron chi connectivity index (χ2n) is 5.45. The van der Waals surface area contributed by atoms with Gasteiger partial charge in [-0.05, 0) is 18.3 Å². The first-order valence-corrected chi connectivity index (χ1v) is 6.45. The van der Waals surface area contributed by atoms with Crippen LogP contribution in [0.1, 0.15) is 41.0 Å². The van der Waals surface area contributed by atoms with E-state index in [1.165, 1.54) is 6.92 Å². The Bertz CT molecular complexity index is 340. The van der Waals surface area contributed by atoms with Gasteiger partial charge < -0.3 is 15.7 Å². The maximum atomic E-state index is 12.0. The summed E-state index contributed by atoms with van der Waals surface area (Å²) in [6.45, 7) is 8.67. The molecule has 0 rings (SSSR count). The molecule has 0 bridgehead atoms. The van der Waals surface area contributed by atoms with Crippen LogP contribution in [0.2, 0.25) is 0 Å². The van der Waals surface area contributed by atoms with Crippen molar-refractivity contribution in [3.05, 3.63) is 0 Å². The molecule has 6 heteroatoms. The number of carboxylic acid groups (broad SMARTS) is 1. The van der Waals surface area contributed by atoms with E-state index in [9.17, 15) is 14.4 Å². The predicted octanol–water partition coefficient (Wildman–Crippen LogP) is 0.763. The molecule has 0 unspecified atom stereocenters. The highest BCUT2D eigenvalue weighted by Gasteiger charge is 2.28. The van der Waals surface area contributed by atoms with Gasteiger partial charge in [-0.25, -0.2) is 4.79 Å². The largest absolute Gasteiger partial charge is 0.480 e. The first-order valence-electron chi connectivity index (χ1n) is 6.45. The van der Waals surface area contributed by atoms with E-state index in [4.69, 9.17) is 5.11 Å². The van der Waals surface area contributed by atoms with Crippen molar-refractivity contribution in [3.63, 3.8) is 0 Å². The summed E-state index contributed by atoms with van der Waals surface area (Å²) >= 11 is 0. The number of aliphatic carboxylic acids is 1. The number of carbonyl (C=O) groups is 3. The fraction of sp³-hybridized carbons (Fsp3) is 0.769. The molecule has 2 amide bonds. The molecule has 19 heavy (non-hydrogen) atoms. The summed E-state index contributed by atoms with van der Waals surface area (Å²) in [6, 6.07) is -1.64. The van der Waals surface area contributed by atoms with Crippen LogP contribution in [0.5, 0.6) is 0 Å². The minimum absolute atomic E-state index is 0.114. The number of rotatable bonds is 7. The molecule has 6 nitrogen and oxygen atoms in total. The SMILES string of the molecule is CC(=O)N[C@H](C(=O)N[C@@H](CC(C)C)C(=O)O)C(C)C. The van der Waals surface area contributed by atoms with E-state index in [0.29, 0.717) is 6.42 Å². The average Bonchev–Trinajstić information content (AvgIpc) is 2.23. The van der Waals surface area contributed by atoms with Gasteiger partial charge in [-0.2, -0.15) is 0 Å². The van der Waals surface area contributed by atoms with Gasteiger partial charge in [-0.3, -0.25) is 9.59 Å². The molecule has 0 aromatic rings. The van der Waals surface area contributed by atoms with Crippen LogP contribution in [-0.4, -0.2) is 35.0 Å². The standard InChI is InChI=1S/C13H24N2O4/c1-7(2)6-10(13(18)19)15-12(17)11(8(3)4)14-9(5)16/h7-8,10-11H,6H2,1-5H3,(H,14,16)(H,15,17)(H,18,19)/t10-,11-/m0/s1. The van der Waals surface area contributed by atoms with Gasteiger partial charge in [-0.15, -0.1) is 0 Å². The van der Waals surface area contributed by atoms with Crippen LogP contribution in [0.3, 0.4) is 0 Å². The van der Waals surface area contributed by atoms with Gasteiger partial charge in [0.2, 0.25) is 11.8 Å². The minimum atomic E-state index is -1.06. The van der Waals surface area contributed by atoms with Gasteiger partial charge in [0.25, 0.3) is 0 Å². The van der Waals surface area contributed by atoms with E-state index < -0.39 is 24.0 Å². The molecule has 0 saturated carbocycles. The molecule has 0 spiro atoms. The molecule has 0 heterocycles. The van der Waals surface area contributed by atoms with Gasteiger partial charge in [-0.1, -0.05) is 27.7 Å². The third kappa shape index (κ3) is 6.79. The molecule has 0 aromatic carbocycles. The van der Waals surface area contributed by atoms with Crippen LogP contribution >= 0.6 is 0 Å². The van der Waals surface area contributed by atoms with E-state index in [1.54, 1.807) is 13.8 Å². The van der Waals surface area contributed by atoms with E-state index in [-0.39, 0.29) is 17.7 Å². The summed E-state index contributed by atoms with van der Waals surface area (Å²) < 4.78 is 0. The highest BCUT2D eigenvalue weighted by molar-refractivity contribution is 5.90. The van der Waals surface area contributed by atoms with Crippen molar-refractivity contribution in [2.45, 2.75) is 53.1 Å². The molecule has 0 aliphatic rings. The van der Waals surface area contributed by atoms with Gasteiger partial charge in [0, 0.05) is 6.92 Å². The van der Waals surface area contributed by atoms with Crippen molar-refractivity contribution in [3.8, 4) is 0 Å². The summed E-state index contributed by atoms with van der Waals surface area (Å²) in [5.41, 5.74) is 0. The summed E-state index contributed by atoms with van der Waals surface area (Å²) in [7, 11) is 0. The van der Waals surface area contributed by atoms with Crippen molar-refractivity contribution < 1.29 is 19.5 Å². The Morgan fingerprint density at radius 1 is 1.05 bits per heavy atom. The molecule has 2 atom stereocenters. The number of carboxylic acids is 1. The van der Waals surface area contributed by atoms with Gasteiger partial charge >= 0.3 is 5.97 Å². The summed E-state index contributed by atoms with van der Waals surface area (Å²) in [4.78, 5) is 34.2. The Morgan fingerprint density at radius 2 is 1.58 bits per heavy atom. The summed E-state index contributed by atoms with van der Waals surface area (Å²) in [6.07, 6.45) is 0.353. The quantitative estimate of drug-likeness (QED) is 0.637. The van der Waals surface area contributed by atoms with Gasteiger partial charge in [0.15, 0.2) is 0 Å². The van der Waals surface area contributed by atoms with Crippen LogP contribution in [0, 0.1) is 11.8 Å². The lowest BCUT2D eigenvalue weighted by molar-refractivity contribution is -0.142. The molecule has 0 aromatic heterocycles. The average molecular weight is 272 g/mol. The number of hydrogen-bond donors (Lipinski definition) is 3. The molecule has 0 aliphatic heterocycles. The zero-order valence-corrected chi connectivity index (χ0v) is 12.2. The Labute approximate surface area is 113 Å². The van der Waals surface area contributed by atoms with Crippen molar-refractivity contribution in [1.29, 1.82) is 0 Å². The smallest absolute Gasteiger partial charge is 0.326 e. The van der Waals surface area contributed by atoms with Crippen molar-refractivity contribution in [1.82, 2.24) is 10.6 Å². The monoisotopic (exact) mass is 272 g/mol. The lowest BCUT2D eigenvalue weighted by Crippen LogP contribution is -2.53. The van der Waals surface area contributed by atoms with E-state index in [1.807, 2.05) is 13.8 Å². The van der Waals surface area contributed by atoms with Crippen molar-refractivity contribution in [2.24, 2.45) is 11.8 Å². The van der Waals surface area contributed by atoms with Crippen LogP contribution in [-0.2, 0) is 14.4 Å². The first-order chi connectivity index (χ1) is 8.65. The molecule has 0 saturated heterocycles. The molecule has 0 radical (unpaired) electrons. The Kier molecular flexibility index (Phi) is 7.11. The second kappa shape index (κ2) is 7.76. The van der Waals surface area contributed by atoms with Crippen LogP contribution < -0.4 is 10.6 Å². The number of nitrogens with one attached hydrogen (secondary N) is 2. The zero-order chi connectivity index (χ0) is 15.2. The third-order valence-corrected chi connectivity index (χ3v) is 2.63. The van der Waals surface area contributed by atoms with Gasteiger partial charge in [0.1, 0.15) is 12.1 Å². The van der Waals surface area contributed by atoms with Crippen molar-refractivity contribution in [2.75, 3.05) is 0 Å². The number of carbonyl (C=O) groups excluding carboxylic acids is 2. The number of amides is 2. The molecule has 110 valence electrons. The Morgan fingerprint density at radius 3 is 1.89 bits per heavy atom. The minimum Gasteiger partial charge on any atom is -0.480 e. The summed E-state index contributed by atoms with van der Waals surface area (Å²) in [5.74, 6) is -1.80. The predicted molar refractivity (Wildman–Crippen MR) is 71.5 cm³/mol. The zero-order valence-electron chi connectivity index (χ0n) is 12.2. The van der Waals surface area contributed by atoms with Gasteiger partial charge in [0.05, 0.1) is 0 Å². The first kappa shape index (κ1) is 17.4. The highest BCUT2D eigenvalue weighted by Crippen LogP contribution is 2.07. The van der Waals surface area contributed by atoms with Crippen molar-refractivity contribution >= 4 is 17.8 Å². The van der Waals surface area contributed by atoms with Crippen LogP contribution in [0.25, 0.3) is 0 Å². The molecular weight excluding hydrogens is 248 g/mol. The summed E-state index contributed by atoms with van der Waals surface area (Å²) in [5, 5.41) is 14.1. The highest BCUT2D eigenvalue weighted by atomic mass is 16.4. The lowest BCUT2D eigenvalue weighted by atomic mass is 10.0. The lowest BCUT2D eigenvalue weighted by Gasteiger charge is -2.24. The molecule has 0 fully saturated rings. The number of hydrogen-bond acceptors (Lipinski definition) is 3.